The Morgan fingerprint density at radius 2 is 2.05 bits per heavy atom. The molecule has 2 aromatic rings. The van der Waals surface area contributed by atoms with Crippen LogP contribution in [0.2, 0.25) is 0 Å². The van der Waals surface area contributed by atoms with Crippen LogP contribution in [0.5, 0.6) is 0 Å². The number of pyridine rings is 1. The monoisotopic (exact) mass is 299 g/mol. The molecule has 116 valence electrons. The third kappa shape index (κ3) is 3.67. The van der Waals surface area contributed by atoms with Crippen LogP contribution < -0.4 is 10.2 Å². The number of anilines is 2. The number of nitrogens with one attached hydrogen (secondary N) is 1. The third-order valence-electron chi connectivity index (χ3n) is 3.83. The molecule has 3 rings (SSSR count). The first-order chi connectivity index (χ1) is 10.8. The van der Waals surface area contributed by atoms with E-state index in [0.29, 0.717) is 12.5 Å². The van der Waals surface area contributed by atoms with Crippen LogP contribution in [0.25, 0.3) is 0 Å². The molecule has 0 radical (unpaired) electrons. The lowest BCUT2D eigenvalue weighted by molar-refractivity contribution is 0.269. The molecule has 7 heteroatoms. The van der Waals surface area contributed by atoms with Gasteiger partial charge in [-0.25, -0.2) is 0 Å². The van der Waals surface area contributed by atoms with Gasteiger partial charge in [0, 0.05) is 32.4 Å². The number of hydrogen-bond donors (Lipinski definition) is 1. The summed E-state index contributed by atoms with van der Waals surface area (Å²) in [6.45, 7) is 7.90. The molecule has 3 heterocycles. The fourth-order valence-electron chi connectivity index (χ4n) is 2.46. The minimum absolute atomic E-state index is 0.628. The van der Waals surface area contributed by atoms with Crippen molar-refractivity contribution in [1.82, 2.24) is 25.1 Å². The van der Waals surface area contributed by atoms with E-state index in [2.05, 4.69) is 42.2 Å². The van der Waals surface area contributed by atoms with Crippen LogP contribution in [0.4, 0.5) is 11.8 Å². The number of aromatic nitrogens is 4. The van der Waals surface area contributed by atoms with Crippen molar-refractivity contribution in [2.75, 3.05) is 42.9 Å². The maximum absolute atomic E-state index is 4.56. The first-order valence-corrected chi connectivity index (χ1v) is 7.66. The van der Waals surface area contributed by atoms with E-state index in [-0.39, 0.29) is 0 Å². The molecule has 1 saturated heterocycles. The Bertz CT molecular complexity index is 581. The van der Waals surface area contributed by atoms with Crippen molar-refractivity contribution in [2.24, 2.45) is 0 Å². The van der Waals surface area contributed by atoms with Crippen LogP contribution in [0.3, 0.4) is 0 Å². The second-order valence-electron chi connectivity index (χ2n) is 5.24. The zero-order chi connectivity index (χ0) is 15.2. The fourth-order valence-corrected chi connectivity index (χ4v) is 2.46. The maximum atomic E-state index is 4.56. The molecule has 0 amide bonds. The molecule has 0 aromatic carbocycles. The van der Waals surface area contributed by atoms with Gasteiger partial charge in [-0.2, -0.15) is 10.1 Å². The Morgan fingerprint density at radius 3 is 2.77 bits per heavy atom. The van der Waals surface area contributed by atoms with E-state index in [1.165, 1.54) is 0 Å². The largest absolute Gasteiger partial charge is 0.363 e. The Morgan fingerprint density at radius 1 is 1.18 bits per heavy atom. The van der Waals surface area contributed by atoms with Crippen molar-refractivity contribution < 1.29 is 0 Å². The van der Waals surface area contributed by atoms with Gasteiger partial charge >= 0.3 is 0 Å². The fraction of sp³-hybridized carbons (Fsp3) is 0.467. The summed E-state index contributed by atoms with van der Waals surface area (Å²) in [4.78, 5) is 13.4. The summed E-state index contributed by atoms with van der Waals surface area (Å²) in [6, 6.07) is 5.86. The lowest BCUT2D eigenvalue weighted by Crippen LogP contribution is -2.46. The van der Waals surface area contributed by atoms with Crippen LogP contribution in [0, 0.1) is 0 Å². The van der Waals surface area contributed by atoms with Crippen LogP contribution in [-0.2, 0) is 6.54 Å². The molecule has 1 aliphatic rings. The minimum Gasteiger partial charge on any atom is -0.363 e. The van der Waals surface area contributed by atoms with Gasteiger partial charge in [0.2, 0.25) is 5.95 Å². The van der Waals surface area contributed by atoms with Crippen molar-refractivity contribution >= 4 is 11.8 Å². The number of nitrogens with zero attached hydrogens (tertiary/aromatic N) is 6. The Balaban J connectivity index is 1.60. The highest BCUT2D eigenvalue weighted by molar-refractivity contribution is 5.39. The molecule has 0 aliphatic carbocycles. The van der Waals surface area contributed by atoms with Crippen molar-refractivity contribution in [3.8, 4) is 0 Å². The molecule has 22 heavy (non-hydrogen) atoms. The SMILES string of the molecule is CCN1CCN(c2nncc(NCc3ccccn3)n2)CC1. The number of hydrogen-bond acceptors (Lipinski definition) is 7. The summed E-state index contributed by atoms with van der Waals surface area (Å²) in [6.07, 6.45) is 3.43. The van der Waals surface area contributed by atoms with Crippen LogP contribution in [0.15, 0.2) is 30.6 Å². The molecule has 2 aromatic heterocycles. The van der Waals surface area contributed by atoms with Gasteiger partial charge in [0.15, 0.2) is 5.82 Å². The second-order valence-corrected chi connectivity index (χ2v) is 5.24. The normalized spacial score (nSPS) is 15.8. The zero-order valence-corrected chi connectivity index (χ0v) is 12.8. The van der Waals surface area contributed by atoms with E-state index in [0.717, 1.165) is 44.2 Å². The zero-order valence-electron chi connectivity index (χ0n) is 12.8. The van der Waals surface area contributed by atoms with Gasteiger partial charge in [0.05, 0.1) is 18.4 Å². The summed E-state index contributed by atoms with van der Waals surface area (Å²) in [5.74, 6) is 1.43. The first kappa shape index (κ1) is 14.6. The van der Waals surface area contributed by atoms with Crippen LogP contribution in [-0.4, -0.2) is 57.8 Å². The van der Waals surface area contributed by atoms with Crippen molar-refractivity contribution in [3.63, 3.8) is 0 Å². The topological polar surface area (TPSA) is 70.1 Å². The van der Waals surface area contributed by atoms with Gasteiger partial charge in [0.1, 0.15) is 0 Å². The smallest absolute Gasteiger partial charge is 0.247 e. The molecule has 0 unspecified atom stereocenters. The van der Waals surface area contributed by atoms with E-state index in [4.69, 9.17) is 0 Å². The highest BCUT2D eigenvalue weighted by Gasteiger charge is 2.18. The van der Waals surface area contributed by atoms with Gasteiger partial charge < -0.3 is 15.1 Å². The van der Waals surface area contributed by atoms with E-state index in [1.54, 1.807) is 12.4 Å². The lowest BCUT2D eigenvalue weighted by atomic mass is 10.3. The molecule has 1 N–H and O–H groups in total. The first-order valence-electron chi connectivity index (χ1n) is 7.66. The van der Waals surface area contributed by atoms with Gasteiger partial charge in [0.25, 0.3) is 0 Å². The van der Waals surface area contributed by atoms with Crippen molar-refractivity contribution in [1.29, 1.82) is 0 Å². The number of rotatable bonds is 5. The molecular formula is C15H21N7. The van der Waals surface area contributed by atoms with Gasteiger partial charge in [-0.3, -0.25) is 4.98 Å². The van der Waals surface area contributed by atoms with Gasteiger partial charge in [-0.15, -0.1) is 5.10 Å². The van der Waals surface area contributed by atoms with Crippen molar-refractivity contribution in [2.45, 2.75) is 13.5 Å². The van der Waals surface area contributed by atoms with Gasteiger partial charge in [-0.1, -0.05) is 13.0 Å². The van der Waals surface area contributed by atoms with E-state index < -0.39 is 0 Å². The minimum atomic E-state index is 0.628. The van der Waals surface area contributed by atoms with Crippen molar-refractivity contribution in [3.05, 3.63) is 36.3 Å². The lowest BCUT2D eigenvalue weighted by Gasteiger charge is -2.33. The average molecular weight is 299 g/mol. The summed E-state index contributed by atoms with van der Waals surface area (Å²) in [5, 5.41) is 11.5. The summed E-state index contributed by atoms with van der Waals surface area (Å²) >= 11 is 0. The van der Waals surface area contributed by atoms with E-state index >= 15 is 0 Å². The van der Waals surface area contributed by atoms with Gasteiger partial charge in [-0.05, 0) is 18.7 Å². The van der Waals surface area contributed by atoms with E-state index in [9.17, 15) is 0 Å². The Kier molecular flexibility index (Phi) is 4.75. The third-order valence-corrected chi connectivity index (χ3v) is 3.83. The highest BCUT2D eigenvalue weighted by atomic mass is 15.4. The van der Waals surface area contributed by atoms with Crippen LogP contribution in [0.1, 0.15) is 12.6 Å². The quantitative estimate of drug-likeness (QED) is 0.884. The second kappa shape index (κ2) is 7.13. The van der Waals surface area contributed by atoms with Crippen LogP contribution >= 0.6 is 0 Å². The molecule has 1 fully saturated rings. The standard InChI is InChI=1S/C15H21N7/c1-2-21-7-9-22(10-8-21)15-19-14(12-18-20-15)17-11-13-5-3-4-6-16-13/h3-6,12H,2,7-11H2,1H3,(H,17,19,20). The Labute approximate surface area is 130 Å². The highest BCUT2D eigenvalue weighted by Crippen LogP contribution is 2.12. The molecular weight excluding hydrogens is 278 g/mol. The predicted octanol–water partition coefficient (Wildman–Crippen LogP) is 1.02. The molecule has 0 atom stereocenters. The molecule has 1 aliphatic heterocycles. The summed E-state index contributed by atoms with van der Waals surface area (Å²) < 4.78 is 0. The maximum Gasteiger partial charge on any atom is 0.247 e. The van der Waals surface area contributed by atoms with E-state index in [1.807, 2.05) is 18.2 Å². The molecule has 0 saturated carbocycles. The Hall–Kier alpha value is -2.28. The summed E-state index contributed by atoms with van der Waals surface area (Å²) in [7, 11) is 0. The average Bonchev–Trinajstić information content (AvgIpc) is 2.61. The molecule has 7 nitrogen and oxygen atoms in total. The summed E-state index contributed by atoms with van der Waals surface area (Å²) in [5.41, 5.74) is 0.972. The predicted molar refractivity (Wildman–Crippen MR) is 85.7 cm³/mol. The number of likely N-dealkylation sites (N-methyl/N-ethyl adjacent to an activating group) is 1. The number of piperazine rings is 1. The molecule has 0 bridgehead atoms. The molecule has 0 spiro atoms.